The van der Waals surface area contributed by atoms with Crippen molar-refractivity contribution in [2.45, 2.75) is 44.7 Å². The third kappa shape index (κ3) is 6.46. The summed E-state index contributed by atoms with van der Waals surface area (Å²) in [6.07, 6.45) is 0.637. The Morgan fingerprint density at radius 1 is 0.973 bits per heavy atom. The topological polar surface area (TPSA) is 92.4 Å². The van der Waals surface area contributed by atoms with Crippen molar-refractivity contribution < 1.29 is 9.90 Å². The molecule has 0 atom stereocenters. The van der Waals surface area contributed by atoms with Gasteiger partial charge in [-0.05, 0) is 59.4 Å². The second-order valence-corrected chi connectivity index (χ2v) is 10.5. The number of nitrogens with zero attached hydrogens (tertiary/aromatic N) is 4. The second kappa shape index (κ2) is 11.4. The maximum atomic E-state index is 12.6. The number of carbonyl (C=O) groups excluding carboxylic acids is 1. The number of phenols is 1. The van der Waals surface area contributed by atoms with E-state index in [1.165, 1.54) is 17.3 Å². The predicted molar refractivity (Wildman–Crippen MR) is 149 cm³/mol. The Hall–Kier alpha value is -3.91. The van der Waals surface area contributed by atoms with Crippen LogP contribution in [0.15, 0.2) is 89.1 Å². The Kier molecular flexibility index (Phi) is 8.08. The molecule has 8 heteroatoms. The standard InChI is InChI=1S/C29H31N5O2S/c1-5-25(20-13-17-24(35)18-14-20)30-31-26(36)19-37-28-33-32-27(34(28)23-9-7-6-8-10-23)21-11-15-22(16-12-21)29(2,3)4/h6-18,35H,5,19H2,1-4H3,(H,31,36). The van der Waals surface area contributed by atoms with E-state index < -0.39 is 0 Å². The zero-order chi connectivity index (χ0) is 26.4. The molecule has 0 spiro atoms. The van der Waals surface area contributed by atoms with Crippen LogP contribution in [0.2, 0.25) is 0 Å². The van der Waals surface area contributed by atoms with Crippen LogP contribution in [0.5, 0.6) is 5.75 Å². The number of nitrogens with one attached hydrogen (secondary N) is 1. The van der Waals surface area contributed by atoms with Crippen molar-refractivity contribution in [3.05, 3.63) is 90.0 Å². The van der Waals surface area contributed by atoms with Gasteiger partial charge in [-0.25, -0.2) is 5.43 Å². The number of phenolic OH excluding ortho intramolecular Hbond substituents is 1. The van der Waals surface area contributed by atoms with Crippen LogP contribution in [-0.4, -0.2) is 37.2 Å². The van der Waals surface area contributed by atoms with E-state index in [4.69, 9.17) is 0 Å². The van der Waals surface area contributed by atoms with Crippen LogP contribution in [0.3, 0.4) is 0 Å². The summed E-state index contributed by atoms with van der Waals surface area (Å²) in [5, 5.41) is 23.3. The molecule has 0 aliphatic carbocycles. The number of amides is 1. The van der Waals surface area contributed by atoms with Crippen LogP contribution >= 0.6 is 11.8 Å². The molecule has 0 aliphatic rings. The first-order chi connectivity index (χ1) is 17.8. The molecule has 2 N–H and O–H groups in total. The van der Waals surface area contributed by atoms with E-state index in [0.29, 0.717) is 17.4 Å². The number of carbonyl (C=O) groups is 1. The number of thioether (sulfide) groups is 1. The van der Waals surface area contributed by atoms with E-state index in [1.807, 2.05) is 41.8 Å². The largest absolute Gasteiger partial charge is 0.508 e. The smallest absolute Gasteiger partial charge is 0.250 e. The highest BCUT2D eigenvalue weighted by Gasteiger charge is 2.19. The minimum atomic E-state index is -0.242. The molecule has 0 unspecified atom stereocenters. The van der Waals surface area contributed by atoms with Gasteiger partial charge in [-0.1, -0.05) is 81.9 Å². The van der Waals surface area contributed by atoms with Crippen molar-refractivity contribution in [2.75, 3.05) is 5.75 Å². The van der Waals surface area contributed by atoms with Gasteiger partial charge < -0.3 is 5.11 Å². The maximum Gasteiger partial charge on any atom is 0.250 e. The van der Waals surface area contributed by atoms with Gasteiger partial charge in [0.05, 0.1) is 11.5 Å². The van der Waals surface area contributed by atoms with Crippen LogP contribution in [-0.2, 0) is 10.2 Å². The van der Waals surface area contributed by atoms with Gasteiger partial charge in [-0.3, -0.25) is 9.36 Å². The number of aromatic hydroxyl groups is 1. The van der Waals surface area contributed by atoms with Crippen molar-refractivity contribution in [2.24, 2.45) is 5.10 Å². The van der Waals surface area contributed by atoms with E-state index in [1.54, 1.807) is 24.3 Å². The van der Waals surface area contributed by atoms with Gasteiger partial charge in [0.15, 0.2) is 11.0 Å². The summed E-state index contributed by atoms with van der Waals surface area (Å²) in [4.78, 5) is 12.6. The molecule has 1 heterocycles. The van der Waals surface area contributed by atoms with Gasteiger partial charge in [0, 0.05) is 11.3 Å². The van der Waals surface area contributed by atoms with Crippen LogP contribution in [0.25, 0.3) is 17.1 Å². The summed E-state index contributed by atoms with van der Waals surface area (Å²) in [6.45, 7) is 8.52. The Morgan fingerprint density at radius 3 is 2.27 bits per heavy atom. The molecule has 0 saturated carbocycles. The molecule has 3 aromatic carbocycles. The van der Waals surface area contributed by atoms with Crippen molar-refractivity contribution >= 4 is 23.4 Å². The molecule has 4 rings (SSSR count). The number of para-hydroxylation sites is 1. The Balaban J connectivity index is 1.54. The van der Waals surface area contributed by atoms with E-state index >= 15 is 0 Å². The number of benzene rings is 3. The van der Waals surface area contributed by atoms with Crippen LogP contribution in [0.4, 0.5) is 0 Å². The van der Waals surface area contributed by atoms with E-state index in [0.717, 1.165) is 22.5 Å². The predicted octanol–water partition coefficient (Wildman–Crippen LogP) is 5.96. The summed E-state index contributed by atoms with van der Waals surface area (Å²) in [7, 11) is 0. The summed E-state index contributed by atoms with van der Waals surface area (Å²) in [6, 6.07) is 25.0. The molecule has 4 aromatic rings. The number of hydrogen-bond donors (Lipinski definition) is 2. The fraction of sp³-hybridized carbons (Fsp3) is 0.241. The average Bonchev–Trinajstić information content (AvgIpc) is 3.33. The molecule has 190 valence electrons. The summed E-state index contributed by atoms with van der Waals surface area (Å²) in [5.74, 6) is 0.789. The summed E-state index contributed by atoms with van der Waals surface area (Å²) in [5.41, 5.74) is 7.39. The molecule has 0 fully saturated rings. The first-order valence-corrected chi connectivity index (χ1v) is 13.1. The molecule has 7 nitrogen and oxygen atoms in total. The fourth-order valence-electron chi connectivity index (χ4n) is 3.77. The molecule has 0 radical (unpaired) electrons. The molecular formula is C29H31N5O2S. The van der Waals surface area contributed by atoms with E-state index in [9.17, 15) is 9.90 Å². The molecule has 0 saturated heterocycles. The number of rotatable bonds is 8. The maximum absolute atomic E-state index is 12.6. The number of aromatic nitrogens is 3. The monoisotopic (exact) mass is 513 g/mol. The lowest BCUT2D eigenvalue weighted by atomic mass is 9.87. The van der Waals surface area contributed by atoms with Gasteiger partial charge >= 0.3 is 0 Å². The lowest BCUT2D eigenvalue weighted by molar-refractivity contribution is -0.118. The van der Waals surface area contributed by atoms with Crippen LogP contribution in [0, 0.1) is 0 Å². The third-order valence-corrected chi connectivity index (χ3v) is 6.77. The highest BCUT2D eigenvalue weighted by atomic mass is 32.2. The van der Waals surface area contributed by atoms with Crippen molar-refractivity contribution in [1.82, 2.24) is 20.2 Å². The SMILES string of the molecule is CCC(=NNC(=O)CSc1nnc(-c2ccc(C(C)(C)C)cc2)n1-c1ccccc1)c1ccc(O)cc1. The molecule has 0 bridgehead atoms. The highest BCUT2D eigenvalue weighted by Crippen LogP contribution is 2.30. The molecule has 1 aromatic heterocycles. The summed E-state index contributed by atoms with van der Waals surface area (Å²) >= 11 is 1.30. The zero-order valence-electron chi connectivity index (χ0n) is 21.5. The van der Waals surface area contributed by atoms with Gasteiger partial charge in [0.25, 0.3) is 5.91 Å². The average molecular weight is 514 g/mol. The first kappa shape index (κ1) is 26.2. The van der Waals surface area contributed by atoms with Crippen molar-refractivity contribution in [3.8, 4) is 22.8 Å². The Morgan fingerprint density at radius 2 is 1.65 bits per heavy atom. The minimum absolute atomic E-state index is 0.0580. The third-order valence-electron chi connectivity index (χ3n) is 5.84. The van der Waals surface area contributed by atoms with E-state index in [-0.39, 0.29) is 22.8 Å². The zero-order valence-corrected chi connectivity index (χ0v) is 22.3. The second-order valence-electron chi connectivity index (χ2n) is 9.59. The molecule has 0 aliphatic heterocycles. The number of hydrogen-bond acceptors (Lipinski definition) is 6. The Labute approximate surface area is 221 Å². The van der Waals surface area contributed by atoms with Gasteiger partial charge in [-0.2, -0.15) is 5.10 Å². The molecule has 37 heavy (non-hydrogen) atoms. The Bertz CT molecular complexity index is 1370. The van der Waals surface area contributed by atoms with Crippen LogP contribution in [0.1, 0.15) is 45.2 Å². The van der Waals surface area contributed by atoms with Crippen molar-refractivity contribution in [3.63, 3.8) is 0 Å². The summed E-state index contributed by atoms with van der Waals surface area (Å²) < 4.78 is 1.97. The lowest BCUT2D eigenvalue weighted by Crippen LogP contribution is -2.22. The molecule has 1 amide bonds. The molecular weight excluding hydrogens is 482 g/mol. The first-order valence-electron chi connectivity index (χ1n) is 12.2. The van der Waals surface area contributed by atoms with Crippen LogP contribution < -0.4 is 5.43 Å². The van der Waals surface area contributed by atoms with Gasteiger partial charge in [0.1, 0.15) is 5.75 Å². The lowest BCUT2D eigenvalue weighted by Gasteiger charge is -2.19. The quantitative estimate of drug-likeness (QED) is 0.172. The van der Waals surface area contributed by atoms with Crippen molar-refractivity contribution in [1.29, 1.82) is 0 Å². The number of hydrazone groups is 1. The van der Waals surface area contributed by atoms with Gasteiger partial charge in [0.2, 0.25) is 0 Å². The fourth-order valence-corrected chi connectivity index (χ4v) is 4.52. The normalized spacial score (nSPS) is 11.9. The van der Waals surface area contributed by atoms with E-state index in [2.05, 4.69) is 65.8 Å². The van der Waals surface area contributed by atoms with Gasteiger partial charge in [-0.15, -0.1) is 10.2 Å². The highest BCUT2D eigenvalue weighted by molar-refractivity contribution is 7.99. The minimum Gasteiger partial charge on any atom is -0.508 e.